The molecule has 4 heteroatoms. The largest absolute Gasteiger partial charge is 0.361 e. The van der Waals surface area contributed by atoms with Gasteiger partial charge in [0.15, 0.2) is 0 Å². The fourth-order valence-electron chi connectivity index (χ4n) is 3.71. The van der Waals surface area contributed by atoms with Crippen molar-refractivity contribution in [3.63, 3.8) is 0 Å². The Labute approximate surface area is 166 Å². The third-order valence-electron chi connectivity index (χ3n) is 5.21. The third-order valence-corrected chi connectivity index (χ3v) is 5.21. The summed E-state index contributed by atoms with van der Waals surface area (Å²) in [5.74, 6) is -0.292. The predicted molar refractivity (Wildman–Crippen MR) is 113 cm³/mol. The fourth-order valence-corrected chi connectivity index (χ4v) is 3.71. The van der Waals surface area contributed by atoms with E-state index < -0.39 is 0 Å². The highest BCUT2D eigenvalue weighted by atomic mass is 19.1. The molecule has 3 nitrogen and oxygen atoms in total. The van der Waals surface area contributed by atoms with Crippen molar-refractivity contribution in [1.82, 2.24) is 10.3 Å². The molecule has 0 bridgehead atoms. The molecule has 1 heterocycles. The highest BCUT2D eigenvalue weighted by Crippen LogP contribution is 2.36. The van der Waals surface area contributed by atoms with Gasteiger partial charge in [0.05, 0.1) is 0 Å². The Morgan fingerprint density at radius 1 is 1.18 bits per heavy atom. The van der Waals surface area contributed by atoms with Crippen molar-refractivity contribution in [2.24, 2.45) is 5.92 Å². The van der Waals surface area contributed by atoms with E-state index in [1.165, 1.54) is 11.6 Å². The zero-order valence-corrected chi connectivity index (χ0v) is 17.1. The van der Waals surface area contributed by atoms with Crippen LogP contribution in [0, 0.1) is 18.7 Å². The number of H-pyrrole nitrogens is 1. The van der Waals surface area contributed by atoms with Gasteiger partial charge in [-0.2, -0.15) is 0 Å². The van der Waals surface area contributed by atoms with Crippen LogP contribution in [0.3, 0.4) is 0 Å². The summed E-state index contributed by atoms with van der Waals surface area (Å²) in [6.07, 6.45) is 3.07. The monoisotopic (exact) mass is 380 g/mol. The van der Waals surface area contributed by atoms with Crippen LogP contribution in [-0.4, -0.2) is 17.4 Å². The number of aryl methyl sites for hydroxylation is 2. The first-order chi connectivity index (χ1) is 13.4. The molecule has 0 saturated heterocycles. The molecule has 0 fully saturated rings. The summed E-state index contributed by atoms with van der Waals surface area (Å²) in [4.78, 5) is 16.0. The molecule has 1 unspecified atom stereocenters. The van der Waals surface area contributed by atoms with E-state index in [1.54, 1.807) is 6.07 Å². The highest BCUT2D eigenvalue weighted by molar-refractivity contribution is 5.88. The molecular formula is C24H29FN2O. The Balaban J connectivity index is 2.06. The Morgan fingerprint density at radius 2 is 1.96 bits per heavy atom. The van der Waals surface area contributed by atoms with E-state index in [2.05, 4.69) is 37.1 Å². The lowest BCUT2D eigenvalue weighted by Gasteiger charge is -2.19. The minimum absolute atomic E-state index is 0.0550. The number of carbonyl (C=O) groups excluding carboxylic acids is 1. The van der Waals surface area contributed by atoms with Gasteiger partial charge in [-0.3, -0.25) is 4.79 Å². The molecule has 3 aromatic rings. The van der Waals surface area contributed by atoms with Crippen LogP contribution in [0.15, 0.2) is 42.6 Å². The number of aromatic nitrogens is 1. The average molecular weight is 381 g/mol. The van der Waals surface area contributed by atoms with Crippen LogP contribution in [0.1, 0.15) is 55.4 Å². The lowest BCUT2D eigenvalue weighted by Crippen LogP contribution is -2.29. The van der Waals surface area contributed by atoms with E-state index in [0.29, 0.717) is 18.0 Å². The summed E-state index contributed by atoms with van der Waals surface area (Å²) in [5.41, 5.74) is 4.81. The number of rotatable bonds is 7. The maximum atomic E-state index is 14.8. The average Bonchev–Trinajstić information content (AvgIpc) is 3.10. The van der Waals surface area contributed by atoms with Gasteiger partial charge in [0.25, 0.3) is 0 Å². The first-order valence-corrected chi connectivity index (χ1v) is 10.0. The van der Waals surface area contributed by atoms with Crippen molar-refractivity contribution in [2.75, 3.05) is 6.54 Å². The molecule has 0 aliphatic carbocycles. The number of hydrogen-bond acceptors (Lipinski definition) is 1. The molecule has 1 atom stereocenters. The van der Waals surface area contributed by atoms with Gasteiger partial charge < -0.3 is 10.3 Å². The summed E-state index contributed by atoms with van der Waals surface area (Å²) >= 11 is 0. The van der Waals surface area contributed by atoms with Gasteiger partial charge in [-0.25, -0.2) is 4.39 Å². The standard InChI is InChI=1S/C24H29FN2O/c1-5-17-7-6-8-18-21(14-27-24(17)18)19(12-23(28)26-13-15(2)3)20-11-16(4)9-10-22(20)25/h6-11,14-15,19,27H,5,12-13H2,1-4H3,(H,26,28). The maximum absolute atomic E-state index is 14.8. The second kappa shape index (κ2) is 8.59. The van der Waals surface area contributed by atoms with Crippen molar-refractivity contribution in [3.05, 3.63) is 70.7 Å². The summed E-state index contributed by atoms with van der Waals surface area (Å²) in [6.45, 7) is 8.80. The fraction of sp³-hybridized carbons (Fsp3) is 0.375. The second-order valence-corrected chi connectivity index (χ2v) is 7.92. The topological polar surface area (TPSA) is 44.9 Å². The molecule has 1 amide bonds. The van der Waals surface area contributed by atoms with Crippen LogP contribution >= 0.6 is 0 Å². The van der Waals surface area contributed by atoms with Crippen molar-refractivity contribution < 1.29 is 9.18 Å². The molecule has 28 heavy (non-hydrogen) atoms. The predicted octanol–water partition coefficient (Wildman–Crippen LogP) is 5.47. The van der Waals surface area contributed by atoms with Crippen LogP contribution < -0.4 is 5.32 Å². The first-order valence-electron chi connectivity index (χ1n) is 10.0. The van der Waals surface area contributed by atoms with E-state index in [0.717, 1.165) is 28.5 Å². The molecule has 2 N–H and O–H groups in total. The van der Waals surface area contributed by atoms with Gasteiger partial charge in [0.2, 0.25) is 5.91 Å². The van der Waals surface area contributed by atoms with Crippen molar-refractivity contribution in [3.8, 4) is 0 Å². The number of aromatic amines is 1. The SMILES string of the molecule is CCc1cccc2c(C(CC(=O)NCC(C)C)c3cc(C)ccc3F)c[nH]c12. The Hall–Kier alpha value is -2.62. The number of fused-ring (bicyclic) bond motifs is 1. The van der Waals surface area contributed by atoms with E-state index in [-0.39, 0.29) is 24.1 Å². The molecule has 148 valence electrons. The van der Waals surface area contributed by atoms with Crippen LogP contribution in [0.25, 0.3) is 10.9 Å². The zero-order chi connectivity index (χ0) is 20.3. The van der Waals surface area contributed by atoms with E-state index in [9.17, 15) is 9.18 Å². The molecular weight excluding hydrogens is 351 g/mol. The van der Waals surface area contributed by atoms with Gasteiger partial charge in [0.1, 0.15) is 5.82 Å². The molecule has 0 radical (unpaired) electrons. The quantitative estimate of drug-likeness (QED) is 0.561. The number of hydrogen-bond donors (Lipinski definition) is 2. The molecule has 0 spiro atoms. The van der Waals surface area contributed by atoms with Crippen molar-refractivity contribution in [1.29, 1.82) is 0 Å². The Bertz CT molecular complexity index is 974. The molecule has 0 aliphatic rings. The minimum Gasteiger partial charge on any atom is -0.361 e. The first kappa shape index (κ1) is 20.1. The Morgan fingerprint density at radius 3 is 2.68 bits per heavy atom. The number of para-hydroxylation sites is 1. The number of benzene rings is 2. The number of carbonyl (C=O) groups is 1. The minimum atomic E-state index is -0.340. The number of halogens is 1. The smallest absolute Gasteiger partial charge is 0.220 e. The van der Waals surface area contributed by atoms with E-state index in [1.807, 2.05) is 31.3 Å². The van der Waals surface area contributed by atoms with Gasteiger partial charge in [-0.15, -0.1) is 0 Å². The molecule has 0 aliphatic heterocycles. The lowest BCUT2D eigenvalue weighted by molar-refractivity contribution is -0.121. The van der Waals surface area contributed by atoms with Crippen LogP contribution in [-0.2, 0) is 11.2 Å². The molecule has 1 aromatic heterocycles. The Kier molecular flexibility index (Phi) is 6.18. The lowest BCUT2D eigenvalue weighted by atomic mass is 9.86. The normalized spacial score (nSPS) is 12.5. The van der Waals surface area contributed by atoms with Gasteiger partial charge in [-0.05, 0) is 42.0 Å². The molecule has 2 aromatic carbocycles. The van der Waals surface area contributed by atoms with Crippen LogP contribution in [0.5, 0.6) is 0 Å². The van der Waals surface area contributed by atoms with Crippen molar-refractivity contribution in [2.45, 2.75) is 46.5 Å². The van der Waals surface area contributed by atoms with Crippen LogP contribution in [0.2, 0.25) is 0 Å². The molecule has 0 saturated carbocycles. The summed E-state index contributed by atoms with van der Waals surface area (Å²) in [5, 5.41) is 4.03. The molecule has 3 rings (SSSR count). The van der Waals surface area contributed by atoms with E-state index in [4.69, 9.17) is 0 Å². The third kappa shape index (κ3) is 4.27. The van der Waals surface area contributed by atoms with Gasteiger partial charge >= 0.3 is 0 Å². The van der Waals surface area contributed by atoms with Gasteiger partial charge in [0, 0.05) is 36.0 Å². The number of nitrogens with one attached hydrogen (secondary N) is 2. The summed E-state index contributed by atoms with van der Waals surface area (Å²) < 4.78 is 14.8. The highest BCUT2D eigenvalue weighted by Gasteiger charge is 2.24. The summed E-state index contributed by atoms with van der Waals surface area (Å²) in [6, 6.07) is 11.3. The number of amides is 1. The second-order valence-electron chi connectivity index (χ2n) is 7.92. The summed E-state index contributed by atoms with van der Waals surface area (Å²) in [7, 11) is 0. The van der Waals surface area contributed by atoms with Crippen LogP contribution in [0.4, 0.5) is 4.39 Å². The van der Waals surface area contributed by atoms with Gasteiger partial charge in [-0.1, -0.05) is 56.7 Å². The zero-order valence-electron chi connectivity index (χ0n) is 17.1. The maximum Gasteiger partial charge on any atom is 0.220 e. The van der Waals surface area contributed by atoms with E-state index >= 15 is 0 Å². The van der Waals surface area contributed by atoms with Crippen molar-refractivity contribution >= 4 is 16.8 Å².